The first-order valence-corrected chi connectivity index (χ1v) is 6.83. The molecule has 0 radical (unpaired) electrons. The average Bonchev–Trinajstić information content (AvgIpc) is 2.44. The largest absolute Gasteiger partial charge is 0.490 e. The number of hydrogen-bond donors (Lipinski definition) is 1. The van der Waals surface area contributed by atoms with Crippen LogP contribution in [0.15, 0.2) is 24.3 Å². The second-order valence-electron chi connectivity index (χ2n) is 4.46. The van der Waals surface area contributed by atoms with Crippen LogP contribution in [0, 0.1) is 18.5 Å². The Labute approximate surface area is 123 Å². The van der Waals surface area contributed by atoms with Crippen molar-refractivity contribution < 1.29 is 9.47 Å². The first-order valence-electron chi connectivity index (χ1n) is 6.42. The van der Waals surface area contributed by atoms with E-state index < -0.39 is 0 Å². The summed E-state index contributed by atoms with van der Waals surface area (Å²) in [5, 5.41) is 0. The van der Waals surface area contributed by atoms with Gasteiger partial charge in [0.05, 0.1) is 12.3 Å². The van der Waals surface area contributed by atoms with E-state index in [1.54, 1.807) is 7.11 Å². The summed E-state index contributed by atoms with van der Waals surface area (Å²) in [5.74, 6) is 1.60. The molecule has 20 heavy (non-hydrogen) atoms. The molecule has 1 aromatic heterocycles. The van der Waals surface area contributed by atoms with Crippen LogP contribution in [0.1, 0.15) is 11.4 Å². The summed E-state index contributed by atoms with van der Waals surface area (Å²) in [6, 6.07) is 7.88. The van der Waals surface area contributed by atoms with Crippen LogP contribution in [-0.4, -0.2) is 30.3 Å². The smallest absolute Gasteiger partial charge is 0.133 e. The topological polar surface area (TPSA) is 47.1 Å². The fourth-order valence-electron chi connectivity index (χ4n) is 1.95. The average molecular weight is 290 g/mol. The fraction of sp³-hybridized carbons (Fsp3) is 0.333. The molecule has 0 fully saturated rings. The van der Waals surface area contributed by atoms with Gasteiger partial charge in [0.25, 0.3) is 0 Å². The zero-order chi connectivity index (χ0) is 14.5. The first-order chi connectivity index (χ1) is 9.63. The number of hydrogen-bond acceptors (Lipinski definition) is 4. The summed E-state index contributed by atoms with van der Waals surface area (Å²) >= 11 is 5.29. The van der Waals surface area contributed by atoms with Crippen molar-refractivity contribution in [2.24, 2.45) is 0 Å². The van der Waals surface area contributed by atoms with Crippen LogP contribution in [0.2, 0.25) is 0 Å². The number of nitrogens with zero attached hydrogens (tertiary/aromatic N) is 1. The van der Waals surface area contributed by atoms with E-state index in [0.717, 1.165) is 28.4 Å². The van der Waals surface area contributed by atoms with E-state index >= 15 is 0 Å². The number of benzene rings is 1. The highest BCUT2D eigenvalue weighted by atomic mass is 32.1. The minimum Gasteiger partial charge on any atom is -0.490 e. The second-order valence-corrected chi connectivity index (χ2v) is 4.85. The first kappa shape index (κ1) is 14.7. The third-order valence-corrected chi connectivity index (χ3v) is 3.37. The van der Waals surface area contributed by atoms with Crippen molar-refractivity contribution in [3.63, 3.8) is 0 Å². The quantitative estimate of drug-likeness (QED) is 0.677. The van der Waals surface area contributed by atoms with E-state index in [9.17, 15) is 0 Å². The molecule has 0 amide bonds. The van der Waals surface area contributed by atoms with Crippen LogP contribution in [-0.2, 0) is 4.74 Å². The Morgan fingerprint density at radius 1 is 1.20 bits per heavy atom. The number of methoxy groups -OCH3 is 1. The lowest BCUT2D eigenvalue weighted by atomic mass is 10.1. The maximum atomic E-state index is 5.77. The number of aryl methyl sites for hydroxylation is 1. The number of H-pyrrole nitrogens is 1. The molecule has 0 spiro atoms. The van der Waals surface area contributed by atoms with E-state index in [2.05, 4.69) is 9.97 Å². The summed E-state index contributed by atoms with van der Waals surface area (Å²) in [6.45, 7) is 4.93. The van der Waals surface area contributed by atoms with Crippen molar-refractivity contribution in [2.75, 3.05) is 20.3 Å². The number of ether oxygens (including phenoxy) is 2. The lowest BCUT2D eigenvalue weighted by molar-refractivity contribution is 0.146. The Bertz CT molecular complexity index is 653. The van der Waals surface area contributed by atoms with Gasteiger partial charge >= 0.3 is 0 Å². The monoisotopic (exact) mass is 290 g/mol. The highest BCUT2D eigenvalue weighted by Gasteiger charge is 2.11. The van der Waals surface area contributed by atoms with Crippen LogP contribution in [0.3, 0.4) is 0 Å². The van der Waals surface area contributed by atoms with Gasteiger partial charge in [-0.1, -0.05) is 24.4 Å². The molecule has 1 N–H and O–H groups in total. The third kappa shape index (κ3) is 3.23. The highest BCUT2D eigenvalue weighted by Crippen LogP contribution is 2.30. The lowest BCUT2D eigenvalue weighted by Gasteiger charge is -2.13. The molecule has 106 valence electrons. The highest BCUT2D eigenvalue weighted by molar-refractivity contribution is 7.71. The molecular weight excluding hydrogens is 272 g/mol. The van der Waals surface area contributed by atoms with E-state index in [1.165, 1.54) is 0 Å². The van der Waals surface area contributed by atoms with Gasteiger partial charge in [0.2, 0.25) is 0 Å². The van der Waals surface area contributed by atoms with Gasteiger partial charge in [-0.25, -0.2) is 4.98 Å². The van der Waals surface area contributed by atoms with Crippen molar-refractivity contribution in [1.29, 1.82) is 0 Å². The number of para-hydroxylation sites is 1. The Hall–Kier alpha value is -1.72. The van der Waals surface area contributed by atoms with Gasteiger partial charge in [-0.05, 0) is 26.0 Å². The summed E-state index contributed by atoms with van der Waals surface area (Å²) in [4.78, 5) is 7.54. The molecule has 0 aliphatic rings. The summed E-state index contributed by atoms with van der Waals surface area (Å²) in [7, 11) is 1.66. The minimum atomic E-state index is 0.511. The van der Waals surface area contributed by atoms with Gasteiger partial charge in [0.1, 0.15) is 22.8 Å². The second kappa shape index (κ2) is 6.63. The zero-order valence-corrected chi connectivity index (χ0v) is 12.7. The Balaban J connectivity index is 2.45. The van der Waals surface area contributed by atoms with Gasteiger partial charge in [0, 0.05) is 18.2 Å². The van der Waals surface area contributed by atoms with Gasteiger partial charge in [-0.3, -0.25) is 0 Å². The van der Waals surface area contributed by atoms with E-state index in [-0.39, 0.29) is 0 Å². The van der Waals surface area contributed by atoms with Gasteiger partial charge < -0.3 is 14.5 Å². The predicted octanol–water partition coefficient (Wildman–Crippen LogP) is 3.45. The summed E-state index contributed by atoms with van der Waals surface area (Å²) < 4.78 is 11.4. The Kier molecular flexibility index (Phi) is 4.87. The number of nitrogens with one attached hydrogen (secondary N) is 1. The molecule has 1 aromatic carbocycles. The van der Waals surface area contributed by atoms with Crippen molar-refractivity contribution in [2.45, 2.75) is 13.8 Å². The molecule has 2 aromatic rings. The van der Waals surface area contributed by atoms with Gasteiger partial charge in [-0.15, -0.1) is 0 Å². The molecule has 0 bridgehead atoms. The maximum Gasteiger partial charge on any atom is 0.133 e. The third-order valence-electron chi connectivity index (χ3n) is 2.97. The van der Waals surface area contributed by atoms with E-state index in [1.807, 2.05) is 38.1 Å². The van der Waals surface area contributed by atoms with Crippen LogP contribution in [0.25, 0.3) is 11.3 Å². The molecule has 0 unspecified atom stereocenters. The number of rotatable bonds is 5. The number of aromatic nitrogens is 2. The summed E-state index contributed by atoms with van der Waals surface area (Å²) in [6.07, 6.45) is 0. The lowest BCUT2D eigenvalue weighted by Crippen LogP contribution is -2.06. The Morgan fingerprint density at radius 2 is 1.95 bits per heavy atom. The Morgan fingerprint density at radius 3 is 2.70 bits per heavy atom. The molecular formula is C15H18N2O2S. The molecule has 0 saturated carbocycles. The maximum absolute atomic E-state index is 5.77. The molecule has 5 heteroatoms. The fourth-order valence-corrected chi connectivity index (χ4v) is 2.19. The van der Waals surface area contributed by atoms with Gasteiger partial charge in [-0.2, -0.15) is 0 Å². The standard InChI is InChI=1S/C15H18N2O2S/c1-10-14(16-11(2)17-15(10)20)12-6-4-5-7-13(12)19-9-8-18-3/h4-7H,8-9H2,1-3H3,(H,16,17,20). The molecule has 4 nitrogen and oxygen atoms in total. The zero-order valence-electron chi connectivity index (χ0n) is 11.9. The normalized spacial score (nSPS) is 10.6. The van der Waals surface area contributed by atoms with Crippen LogP contribution < -0.4 is 4.74 Å². The van der Waals surface area contributed by atoms with Gasteiger partial charge in [0.15, 0.2) is 0 Å². The van der Waals surface area contributed by atoms with Crippen molar-refractivity contribution in [3.8, 4) is 17.0 Å². The van der Waals surface area contributed by atoms with Crippen molar-refractivity contribution in [1.82, 2.24) is 9.97 Å². The molecule has 0 aliphatic heterocycles. The van der Waals surface area contributed by atoms with Crippen LogP contribution >= 0.6 is 12.2 Å². The number of aromatic amines is 1. The molecule has 0 aliphatic carbocycles. The van der Waals surface area contributed by atoms with Crippen LogP contribution in [0.4, 0.5) is 0 Å². The molecule has 0 saturated heterocycles. The molecule has 2 rings (SSSR count). The minimum absolute atomic E-state index is 0.511. The SMILES string of the molecule is COCCOc1ccccc1-c1[nH]c(C)nc(=S)c1C. The van der Waals surface area contributed by atoms with E-state index in [4.69, 9.17) is 21.7 Å². The summed E-state index contributed by atoms with van der Waals surface area (Å²) in [5.41, 5.74) is 2.89. The molecule has 0 atom stereocenters. The molecule has 1 heterocycles. The predicted molar refractivity (Wildman–Crippen MR) is 81.7 cm³/mol. The van der Waals surface area contributed by atoms with Crippen molar-refractivity contribution >= 4 is 12.2 Å². The van der Waals surface area contributed by atoms with Crippen molar-refractivity contribution in [3.05, 3.63) is 40.3 Å². The van der Waals surface area contributed by atoms with Crippen LogP contribution in [0.5, 0.6) is 5.75 Å². The van der Waals surface area contributed by atoms with E-state index in [0.29, 0.717) is 17.9 Å².